The summed E-state index contributed by atoms with van der Waals surface area (Å²) in [7, 11) is 0. The number of halogens is 3. The number of nitrogens with zero attached hydrogens (tertiary/aromatic N) is 2. The highest BCUT2D eigenvalue weighted by Gasteiger charge is 2.32. The Morgan fingerprint density at radius 1 is 1.00 bits per heavy atom. The first-order valence-electron chi connectivity index (χ1n) is 7.45. The number of hydrogen-bond acceptors (Lipinski definition) is 4. The van der Waals surface area contributed by atoms with Gasteiger partial charge in [-0.3, -0.25) is 9.78 Å². The predicted molar refractivity (Wildman–Crippen MR) is 87.9 cm³/mol. The lowest BCUT2D eigenvalue weighted by Crippen LogP contribution is -2.17. The molecule has 1 N–H and O–H groups in total. The Balaban J connectivity index is 1.75. The molecule has 0 aliphatic rings. The number of carbonyl (C=O) groups is 1. The third-order valence-electron chi connectivity index (χ3n) is 3.23. The molecular weight excluding hydrogens is 347 g/mol. The molecule has 1 aromatic carbocycles. The lowest BCUT2D eigenvalue weighted by molar-refractivity contribution is -0.141. The number of hydrogen-bond donors (Lipinski definition) is 1. The Kier molecular flexibility index (Phi) is 4.83. The Morgan fingerprint density at radius 2 is 1.77 bits per heavy atom. The average molecular weight is 359 g/mol. The maximum atomic E-state index is 12.7. The van der Waals surface area contributed by atoms with Crippen molar-refractivity contribution in [2.75, 3.05) is 5.32 Å². The average Bonchev–Trinajstić information content (AvgIpc) is 2.62. The van der Waals surface area contributed by atoms with E-state index in [-0.39, 0.29) is 5.69 Å². The molecule has 5 nitrogen and oxygen atoms in total. The van der Waals surface area contributed by atoms with Gasteiger partial charge in [-0.2, -0.15) is 13.2 Å². The van der Waals surface area contributed by atoms with Crippen molar-refractivity contribution in [2.24, 2.45) is 0 Å². The highest BCUT2D eigenvalue weighted by atomic mass is 19.4. The maximum Gasteiger partial charge on any atom is 0.433 e. The van der Waals surface area contributed by atoms with Crippen LogP contribution in [0.25, 0.3) is 0 Å². The summed E-state index contributed by atoms with van der Waals surface area (Å²) in [5.41, 5.74) is -1.10. The van der Waals surface area contributed by atoms with Gasteiger partial charge in [0.2, 0.25) is 0 Å². The number of aromatic nitrogens is 2. The molecule has 3 rings (SSSR count). The van der Waals surface area contributed by atoms with Gasteiger partial charge in [-0.15, -0.1) is 0 Å². The number of anilines is 1. The molecule has 3 aromatic rings. The number of nitrogens with one attached hydrogen (secondary N) is 1. The van der Waals surface area contributed by atoms with Crippen LogP contribution in [0.4, 0.5) is 18.9 Å². The predicted octanol–water partition coefficient (Wildman–Crippen LogP) is 4.54. The highest BCUT2D eigenvalue weighted by Crippen LogP contribution is 2.28. The van der Waals surface area contributed by atoms with Crippen LogP contribution >= 0.6 is 0 Å². The Bertz CT molecular complexity index is 915. The first-order chi connectivity index (χ1) is 12.4. The Morgan fingerprint density at radius 3 is 2.50 bits per heavy atom. The van der Waals surface area contributed by atoms with Crippen molar-refractivity contribution >= 4 is 11.6 Å². The second kappa shape index (κ2) is 7.22. The van der Waals surface area contributed by atoms with Gasteiger partial charge in [-0.25, -0.2) is 4.98 Å². The fraction of sp³-hybridized carbons (Fsp3) is 0.0556. The second-order valence-electron chi connectivity index (χ2n) is 5.18. The molecular formula is C18H12F3N3O2. The fourth-order valence-corrected chi connectivity index (χ4v) is 2.10. The van der Waals surface area contributed by atoms with Gasteiger partial charge in [0.1, 0.15) is 22.9 Å². The normalized spacial score (nSPS) is 11.0. The van der Waals surface area contributed by atoms with Crippen molar-refractivity contribution in [1.29, 1.82) is 0 Å². The molecule has 0 aliphatic heterocycles. The number of amides is 1. The summed E-state index contributed by atoms with van der Waals surface area (Å²) >= 11 is 0. The number of pyridine rings is 2. The van der Waals surface area contributed by atoms with Crippen molar-refractivity contribution in [1.82, 2.24) is 9.97 Å². The third-order valence-corrected chi connectivity index (χ3v) is 3.23. The zero-order chi connectivity index (χ0) is 18.6. The van der Waals surface area contributed by atoms with E-state index in [1.165, 1.54) is 12.3 Å². The zero-order valence-electron chi connectivity index (χ0n) is 13.2. The van der Waals surface area contributed by atoms with E-state index in [0.717, 1.165) is 12.1 Å². The van der Waals surface area contributed by atoms with Crippen LogP contribution in [0, 0.1) is 0 Å². The van der Waals surface area contributed by atoms with Crippen LogP contribution in [-0.4, -0.2) is 15.9 Å². The van der Waals surface area contributed by atoms with Gasteiger partial charge in [0, 0.05) is 18.0 Å². The minimum atomic E-state index is -4.62. The molecule has 2 aromatic heterocycles. The summed E-state index contributed by atoms with van der Waals surface area (Å²) in [5, 5.41) is 2.50. The standard InChI is InChI=1S/C18H12F3N3O2/c19-18(20,21)16-8-2-7-15(24-16)17(25)23-12-4-1-5-13(10-12)26-14-6-3-9-22-11-14/h1-11H,(H,23,25). The van der Waals surface area contributed by atoms with E-state index < -0.39 is 17.8 Å². The summed E-state index contributed by atoms with van der Waals surface area (Å²) in [6, 6.07) is 13.0. The molecule has 26 heavy (non-hydrogen) atoms. The molecule has 0 radical (unpaired) electrons. The van der Waals surface area contributed by atoms with Crippen molar-refractivity contribution in [2.45, 2.75) is 6.18 Å². The molecule has 8 heteroatoms. The number of alkyl halides is 3. The molecule has 0 unspecified atom stereocenters. The van der Waals surface area contributed by atoms with Crippen LogP contribution in [0.1, 0.15) is 16.2 Å². The second-order valence-corrected chi connectivity index (χ2v) is 5.18. The number of benzene rings is 1. The fourth-order valence-electron chi connectivity index (χ4n) is 2.10. The van der Waals surface area contributed by atoms with E-state index in [1.54, 1.807) is 42.6 Å². The summed E-state index contributed by atoms with van der Waals surface area (Å²) in [6.45, 7) is 0. The first-order valence-corrected chi connectivity index (χ1v) is 7.45. The Hall–Kier alpha value is -3.42. The Labute approximate surface area is 146 Å². The van der Waals surface area contributed by atoms with Crippen molar-refractivity contribution in [3.63, 3.8) is 0 Å². The van der Waals surface area contributed by atoms with Crippen molar-refractivity contribution in [3.05, 3.63) is 78.4 Å². The molecule has 0 atom stereocenters. The summed E-state index contributed by atoms with van der Waals surface area (Å²) < 4.78 is 43.7. The van der Waals surface area contributed by atoms with Crippen LogP contribution in [0.2, 0.25) is 0 Å². The van der Waals surface area contributed by atoms with E-state index in [4.69, 9.17) is 4.74 Å². The minimum Gasteiger partial charge on any atom is -0.456 e. The smallest absolute Gasteiger partial charge is 0.433 e. The summed E-state index contributed by atoms with van der Waals surface area (Å²) in [6.07, 6.45) is -1.49. The van der Waals surface area contributed by atoms with Gasteiger partial charge in [0.15, 0.2) is 0 Å². The van der Waals surface area contributed by atoms with Gasteiger partial charge < -0.3 is 10.1 Å². The summed E-state index contributed by atoms with van der Waals surface area (Å²) in [4.78, 5) is 19.4. The molecule has 0 saturated carbocycles. The van der Waals surface area contributed by atoms with Crippen LogP contribution < -0.4 is 10.1 Å². The lowest BCUT2D eigenvalue weighted by atomic mass is 10.2. The van der Waals surface area contributed by atoms with E-state index in [2.05, 4.69) is 15.3 Å². The van der Waals surface area contributed by atoms with Gasteiger partial charge >= 0.3 is 6.18 Å². The van der Waals surface area contributed by atoms with Crippen LogP contribution in [0.3, 0.4) is 0 Å². The number of carbonyl (C=O) groups excluding carboxylic acids is 1. The maximum absolute atomic E-state index is 12.7. The molecule has 1 amide bonds. The SMILES string of the molecule is O=C(Nc1cccc(Oc2cccnc2)c1)c1cccc(C(F)(F)F)n1. The molecule has 0 bridgehead atoms. The quantitative estimate of drug-likeness (QED) is 0.743. The molecule has 0 spiro atoms. The topological polar surface area (TPSA) is 64.1 Å². The van der Waals surface area contributed by atoms with Crippen LogP contribution in [0.5, 0.6) is 11.5 Å². The largest absolute Gasteiger partial charge is 0.456 e. The monoisotopic (exact) mass is 359 g/mol. The highest BCUT2D eigenvalue weighted by molar-refractivity contribution is 6.02. The molecule has 2 heterocycles. The lowest BCUT2D eigenvalue weighted by Gasteiger charge is -2.10. The van der Waals surface area contributed by atoms with E-state index in [9.17, 15) is 18.0 Å². The molecule has 0 fully saturated rings. The number of ether oxygens (including phenoxy) is 1. The third kappa shape index (κ3) is 4.35. The molecule has 0 saturated heterocycles. The molecule has 132 valence electrons. The van der Waals surface area contributed by atoms with E-state index >= 15 is 0 Å². The summed E-state index contributed by atoms with van der Waals surface area (Å²) in [5.74, 6) is 0.193. The zero-order valence-corrected chi connectivity index (χ0v) is 13.2. The van der Waals surface area contributed by atoms with Gasteiger partial charge in [-0.1, -0.05) is 12.1 Å². The van der Waals surface area contributed by atoms with Gasteiger partial charge in [-0.05, 0) is 36.4 Å². The van der Waals surface area contributed by atoms with Crippen LogP contribution in [-0.2, 0) is 6.18 Å². The van der Waals surface area contributed by atoms with Crippen LogP contribution in [0.15, 0.2) is 67.0 Å². The van der Waals surface area contributed by atoms with Gasteiger partial charge in [0.05, 0.1) is 6.20 Å². The number of rotatable bonds is 4. The van der Waals surface area contributed by atoms with Crippen molar-refractivity contribution in [3.8, 4) is 11.5 Å². The first kappa shape index (κ1) is 17.4. The molecule has 0 aliphatic carbocycles. The van der Waals surface area contributed by atoms with Gasteiger partial charge in [0.25, 0.3) is 5.91 Å². The minimum absolute atomic E-state index is 0.335. The van der Waals surface area contributed by atoms with E-state index in [0.29, 0.717) is 17.2 Å². The van der Waals surface area contributed by atoms with Crippen molar-refractivity contribution < 1.29 is 22.7 Å². The van der Waals surface area contributed by atoms with E-state index in [1.807, 2.05) is 0 Å².